The van der Waals surface area contributed by atoms with Gasteiger partial charge in [0.15, 0.2) is 0 Å². The van der Waals surface area contributed by atoms with Gasteiger partial charge in [0.25, 0.3) is 0 Å². The second-order valence-electron chi connectivity index (χ2n) is 6.04. The van der Waals surface area contributed by atoms with Crippen LogP contribution >= 0.6 is 0 Å². The van der Waals surface area contributed by atoms with E-state index in [9.17, 15) is 0 Å². The number of aryl methyl sites for hydroxylation is 2. The Bertz CT molecular complexity index is 363. The maximum Gasteiger partial charge on any atom is 0.0108 e. The summed E-state index contributed by atoms with van der Waals surface area (Å²) in [6, 6.07) is 7.14. The predicted octanol–water partition coefficient (Wildman–Crippen LogP) is 3.61. The number of nitrogens with two attached hydrogens (primary N) is 1. The van der Waals surface area contributed by atoms with E-state index in [4.69, 9.17) is 5.73 Å². The van der Waals surface area contributed by atoms with Gasteiger partial charge in [-0.25, -0.2) is 0 Å². The van der Waals surface area contributed by atoms with Gasteiger partial charge >= 0.3 is 0 Å². The van der Waals surface area contributed by atoms with Crippen molar-refractivity contribution in [3.63, 3.8) is 0 Å². The summed E-state index contributed by atoms with van der Waals surface area (Å²) in [5, 5.41) is 0. The number of hydrogen-bond acceptors (Lipinski definition) is 1. The second-order valence-corrected chi connectivity index (χ2v) is 6.04. The van der Waals surface area contributed by atoms with Gasteiger partial charge in [0.05, 0.1) is 0 Å². The summed E-state index contributed by atoms with van der Waals surface area (Å²) in [5.74, 6) is 1.62. The molecule has 0 heterocycles. The zero-order valence-electron chi connectivity index (χ0n) is 11.4. The van der Waals surface area contributed by atoms with Crippen LogP contribution in [0.25, 0.3) is 0 Å². The van der Waals surface area contributed by atoms with Gasteiger partial charge in [0, 0.05) is 6.04 Å². The Labute approximate surface area is 105 Å². The number of rotatable bonds is 3. The first-order chi connectivity index (χ1) is 8.04. The minimum Gasteiger partial charge on any atom is -0.327 e. The van der Waals surface area contributed by atoms with E-state index < -0.39 is 0 Å². The van der Waals surface area contributed by atoms with Crippen molar-refractivity contribution in [3.05, 3.63) is 34.9 Å². The minimum absolute atomic E-state index is 0.348. The summed E-state index contributed by atoms with van der Waals surface area (Å²) in [5.41, 5.74) is 10.5. The van der Waals surface area contributed by atoms with Crippen LogP contribution in [0.3, 0.4) is 0 Å². The molecule has 1 saturated carbocycles. The Morgan fingerprint density at radius 1 is 1.18 bits per heavy atom. The van der Waals surface area contributed by atoms with Gasteiger partial charge in [-0.1, -0.05) is 42.7 Å². The minimum atomic E-state index is 0.348. The monoisotopic (exact) mass is 231 g/mol. The smallest absolute Gasteiger partial charge is 0.0108 e. The quantitative estimate of drug-likeness (QED) is 0.845. The van der Waals surface area contributed by atoms with Crippen molar-refractivity contribution in [2.24, 2.45) is 17.6 Å². The van der Waals surface area contributed by atoms with E-state index in [1.807, 2.05) is 0 Å². The number of benzene rings is 1. The molecule has 0 bridgehead atoms. The lowest BCUT2D eigenvalue weighted by Gasteiger charge is -2.19. The molecule has 94 valence electrons. The molecule has 3 unspecified atom stereocenters. The standard InChI is InChI=1S/C16H25N/c1-11-4-5-15(9-11)16(17)10-14-7-12(2)6-13(3)8-14/h6-8,11,15-16H,4-5,9-10,17H2,1-3H3. The molecule has 1 aromatic carbocycles. The maximum atomic E-state index is 6.37. The third kappa shape index (κ3) is 3.32. The highest BCUT2D eigenvalue weighted by molar-refractivity contribution is 5.29. The van der Waals surface area contributed by atoms with Crippen LogP contribution < -0.4 is 5.73 Å². The van der Waals surface area contributed by atoms with Crippen molar-refractivity contribution < 1.29 is 0 Å². The van der Waals surface area contributed by atoms with Crippen LogP contribution in [0.4, 0.5) is 0 Å². The average Bonchev–Trinajstić information content (AvgIpc) is 2.63. The molecule has 1 fully saturated rings. The van der Waals surface area contributed by atoms with Crippen molar-refractivity contribution in [2.75, 3.05) is 0 Å². The highest BCUT2D eigenvalue weighted by Gasteiger charge is 2.26. The van der Waals surface area contributed by atoms with Gasteiger partial charge in [0.1, 0.15) is 0 Å². The van der Waals surface area contributed by atoms with Crippen LogP contribution in [0.1, 0.15) is 42.9 Å². The van der Waals surface area contributed by atoms with E-state index in [-0.39, 0.29) is 0 Å². The third-order valence-electron chi connectivity index (χ3n) is 4.09. The van der Waals surface area contributed by atoms with Gasteiger partial charge in [-0.15, -0.1) is 0 Å². The predicted molar refractivity (Wildman–Crippen MR) is 74.1 cm³/mol. The third-order valence-corrected chi connectivity index (χ3v) is 4.09. The Balaban J connectivity index is 2.00. The molecular weight excluding hydrogens is 206 g/mol. The highest BCUT2D eigenvalue weighted by atomic mass is 14.7. The van der Waals surface area contributed by atoms with Crippen molar-refractivity contribution >= 4 is 0 Å². The van der Waals surface area contributed by atoms with Crippen LogP contribution in [-0.2, 0) is 6.42 Å². The Hall–Kier alpha value is -0.820. The molecule has 0 aromatic heterocycles. The summed E-state index contributed by atoms with van der Waals surface area (Å²) in [4.78, 5) is 0. The summed E-state index contributed by atoms with van der Waals surface area (Å²) >= 11 is 0. The highest BCUT2D eigenvalue weighted by Crippen LogP contribution is 2.33. The van der Waals surface area contributed by atoms with Crippen LogP contribution in [-0.4, -0.2) is 6.04 Å². The topological polar surface area (TPSA) is 26.0 Å². The molecule has 0 radical (unpaired) electrons. The molecule has 0 saturated heterocycles. The summed E-state index contributed by atoms with van der Waals surface area (Å²) in [6.07, 6.45) is 5.06. The van der Waals surface area contributed by atoms with Crippen molar-refractivity contribution in [1.29, 1.82) is 0 Å². The lowest BCUT2D eigenvalue weighted by molar-refractivity contribution is 0.415. The first-order valence-corrected chi connectivity index (χ1v) is 6.87. The fraction of sp³-hybridized carbons (Fsp3) is 0.625. The maximum absolute atomic E-state index is 6.37. The lowest BCUT2D eigenvalue weighted by atomic mass is 9.91. The molecule has 17 heavy (non-hydrogen) atoms. The van der Waals surface area contributed by atoms with E-state index >= 15 is 0 Å². The zero-order valence-corrected chi connectivity index (χ0v) is 11.4. The average molecular weight is 231 g/mol. The Morgan fingerprint density at radius 3 is 2.35 bits per heavy atom. The van der Waals surface area contributed by atoms with E-state index in [1.165, 1.54) is 36.0 Å². The van der Waals surface area contributed by atoms with Crippen molar-refractivity contribution in [3.8, 4) is 0 Å². The van der Waals surface area contributed by atoms with Crippen LogP contribution in [0.5, 0.6) is 0 Å². The summed E-state index contributed by atoms with van der Waals surface area (Å²) in [7, 11) is 0. The van der Waals surface area contributed by atoms with Crippen LogP contribution in [0, 0.1) is 25.7 Å². The van der Waals surface area contributed by atoms with Crippen LogP contribution in [0.15, 0.2) is 18.2 Å². The fourth-order valence-corrected chi connectivity index (χ4v) is 3.27. The zero-order chi connectivity index (χ0) is 12.4. The van der Waals surface area contributed by atoms with Crippen molar-refractivity contribution in [1.82, 2.24) is 0 Å². The molecule has 1 aromatic rings. The van der Waals surface area contributed by atoms with Crippen molar-refractivity contribution in [2.45, 2.75) is 52.5 Å². The molecule has 1 aliphatic carbocycles. The van der Waals surface area contributed by atoms with Gasteiger partial charge in [-0.05, 0) is 50.5 Å². The second kappa shape index (κ2) is 5.22. The van der Waals surface area contributed by atoms with Crippen LogP contribution in [0.2, 0.25) is 0 Å². The van der Waals surface area contributed by atoms with E-state index in [1.54, 1.807) is 0 Å². The summed E-state index contributed by atoms with van der Waals surface area (Å²) in [6.45, 7) is 6.68. The molecule has 0 amide bonds. The molecule has 0 aliphatic heterocycles. The van der Waals surface area contributed by atoms with Gasteiger partial charge in [0.2, 0.25) is 0 Å². The molecular formula is C16H25N. The van der Waals surface area contributed by atoms with E-state index in [0.717, 1.165) is 18.3 Å². The fourth-order valence-electron chi connectivity index (χ4n) is 3.27. The molecule has 2 rings (SSSR count). The molecule has 1 nitrogen and oxygen atoms in total. The van der Waals surface area contributed by atoms with Gasteiger partial charge in [-0.2, -0.15) is 0 Å². The normalized spacial score (nSPS) is 26.1. The molecule has 1 aliphatic rings. The van der Waals surface area contributed by atoms with E-state index in [0.29, 0.717) is 6.04 Å². The number of hydrogen-bond donors (Lipinski definition) is 1. The largest absolute Gasteiger partial charge is 0.327 e. The Kier molecular flexibility index (Phi) is 3.88. The van der Waals surface area contributed by atoms with E-state index in [2.05, 4.69) is 39.0 Å². The molecule has 2 N–H and O–H groups in total. The van der Waals surface area contributed by atoms with Gasteiger partial charge < -0.3 is 5.73 Å². The van der Waals surface area contributed by atoms with Gasteiger partial charge in [-0.3, -0.25) is 0 Å². The molecule has 3 atom stereocenters. The SMILES string of the molecule is Cc1cc(C)cc(CC(N)C2CCC(C)C2)c1. The Morgan fingerprint density at radius 2 is 1.82 bits per heavy atom. The lowest BCUT2D eigenvalue weighted by Crippen LogP contribution is -2.30. The summed E-state index contributed by atoms with van der Waals surface area (Å²) < 4.78 is 0. The molecule has 1 heteroatoms. The molecule has 0 spiro atoms. The first kappa shape index (κ1) is 12.6. The first-order valence-electron chi connectivity index (χ1n) is 6.87.